The summed E-state index contributed by atoms with van der Waals surface area (Å²) in [6, 6.07) is 22.7. The van der Waals surface area contributed by atoms with E-state index in [-0.39, 0.29) is 5.56 Å². The van der Waals surface area contributed by atoms with Crippen LogP contribution in [0.1, 0.15) is 27.4 Å². The number of allylic oxidation sites excluding steroid dienone is 2. The Hall–Kier alpha value is -3.24. The zero-order valence-electron chi connectivity index (χ0n) is 21.3. The number of thiol groups is 1. The smallest absolute Gasteiger partial charge is 0.255 e. The summed E-state index contributed by atoms with van der Waals surface area (Å²) in [6.07, 6.45) is 5.80. The number of fused-ring (bicyclic) bond motifs is 1. The Labute approximate surface area is 245 Å². The van der Waals surface area contributed by atoms with Crippen LogP contribution in [0.4, 0.5) is 5.69 Å². The van der Waals surface area contributed by atoms with Crippen LogP contribution < -0.4 is 10.3 Å². The first-order valence-corrected chi connectivity index (χ1v) is 15.3. The van der Waals surface area contributed by atoms with Gasteiger partial charge in [0.2, 0.25) is 0 Å². The van der Waals surface area contributed by atoms with Crippen LogP contribution in [-0.2, 0) is 5.75 Å². The summed E-state index contributed by atoms with van der Waals surface area (Å²) in [7, 11) is 0. The van der Waals surface area contributed by atoms with Gasteiger partial charge in [0.1, 0.15) is 0 Å². The predicted molar refractivity (Wildman–Crippen MR) is 172 cm³/mol. The largest absolute Gasteiger partial charge is 0.326 e. The molecule has 5 nitrogen and oxygen atoms in total. The minimum absolute atomic E-state index is 0.151. The highest BCUT2D eigenvalue weighted by Crippen LogP contribution is 2.27. The molecule has 0 atom stereocenters. The Morgan fingerprint density at radius 3 is 2.72 bits per heavy atom. The van der Waals surface area contributed by atoms with Gasteiger partial charge in [0, 0.05) is 42.8 Å². The van der Waals surface area contributed by atoms with Gasteiger partial charge in [0.15, 0.2) is 5.16 Å². The molecule has 5 rings (SSSR count). The van der Waals surface area contributed by atoms with Crippen molar-refractivity contribution in [2.24, 2.45) is 0 Å². The van der Waals surface area contributed by atoms with Crippen LogP contribution in [0.2, 0.25) is 0 Å². The lowest BCUT2D eigenvalue weighted by atomic mass is 10.2. The minimum atomic E-state index is -0.151. The van der Waals surface area contributed by atoms with Gasteiger partial charge in [-0.05, 0) is 91.4 Å². The van der Waals surface area contributed by atoms with Gasteiger partial charge in [-0.3, -0.25) is 9.78 Å². The van der Waals surface area contributed by atoms with Crippen LogP contribution in [-0.4, -0.2) is 15.0 Å². The normalized spacial score (nSPS) is 11.9. The third kappa shape index (κ3) is 7.24. The second kappa shape index (κ2) is 12.7. The first kappa shape index (κ1) is 27.3. The first-order chi connectivity index (χ1) is 18.9. The fraction of sp³-hybridized carbons (Fsp3) is 0.100. The fourth-order valence-corrected chi connectivity index (χ4v) is 6.13. The number of anilines is 1. The van der Waals surface area contributed by atoms with E-state index in [4.69, 9.17) is 0 Å². The number of aryl methyl sites for hydroxylation is 1. The summed E-state index contributed by atoms with van der Waals surface area (Å²) in [4.78, 5) is 27.6. The molecule has 0 fully saturated rings. The fourth-order valence-electron chi connectivity index (χ4n) is 3.74. The molecule has 39 heavy (non-hydrogen) atoms. The van der Waals surface area contributed by atoms with Gasteiger partial charge in [-0.2, -0.15) is 0 Å². The lowest BCUT2D eigenvalue weighted by Gasteiger charge is -2.09. The Bertz CT molecular complexity index is 1710. The topological polar surface area (TPSA) is 70.7 Å². The quantitative estimate of drug-likeness (QED) is 0.0530. The summed E-state index contributed by atoms with van der Waals surface area (Å²) >= 11 is 9.34. The first-order valence-electron chi connectivity index (χ1n) is 12.2. The van der Waals surface area contributed by atoms with Crippen molar-refractivity contribution >= 4 is 75.2 Å². The number of nitrogens with one attached hydrogen (secondary N) is 2. The molecule has 3 heterocycles. The summed E-state index contributed by atoms with van der Waals surface area (Å²) in [6.45, 7) is 3.77. The van der Waals surface area contributed by atoms with E-state index in [0.717, 1.165) is 37.6 Å². The molecule has 0 unspecified atom stereocenters. The molecule has 0 radical (unpaired) electrons. The standard InChI is InChI=1S/C30H26N4OS4/c1-19-8-11-22-17-23(12-15-26(22)31-19)34-39-25-13-9-21(10-14-25)18-38-30-32-28(20(2)29(35)33-30)27(36)7-3-5-24-6-4-16-37-24/h3-17,34,36H,18H2,1-2H3,(H,32,33,35)/b5-3+,27-7-. The number of hydrogen-bond donors (Lipinski definition) is 3. The highest BCUT2D eigenvalue weighted by molar-refractivity contribution is 8.00. The molecule has 0 saturated carbocycles. The van der Waals surface area contributed by atoms with Gasteiger partial charge in [-0.1, -0.05) is 42.1 Å². The molecule has 2 aromatic carbocycles. The maximum Gasteiger partial charge on any atom is 0.255 e. The summed E-state index contributed by atoms with van der Waals surface area (Å²) in [5.41, 5.74) is 5.18. The summed E-state index contributed by atoms with van der Waals surface area (Å²) in [5.74, 6) is 0.685. The van der Waals surface area contributed by atoms with E-state index in [2.05, 4.69) is 68.7 Å². The number of rotatable bonds is 9. The molecule has 0 spiro atoms. The van der Waals surface area contributed by atoms with Gasteiger partial charge < -0.3 is 9.71 Å². The third-order valence-corrected chi connectivity index (χ3v) is 8.83. The number of benzene rings is 2. The lowest BCUT2D eigenvalue weighted by molar-refractivity contribution is 0.906. The van der Waals surface area contributed by atoms with Gasteiger partial charge in [0.25, 0.3) is 5.56 Å². The van der Waals surface area contributed by atoms with Crippen molar-refractivity contribution in [3.8, 4) is 0 Å². The van der Waals surface area contributed by atoms with E-state index in [0.29, 0.717) is 27.1 Å². The Balaban J connectivity index is 1.20. The monoisotopic (exact) mass is 586 g/mol. The van der Waals surface area contributed by atoms with Gasteiger partial charge in [0.05, 0.1) is 11.2 Å². The number of pyridine rings is 1. The number of nitrogens with zero attached hydrogens (tertiary/aromatic N) is 2. The van der Waals surface area contributed by atoms with Gasteiger partial charge in [-0.25, -0.2) is 4.98 Å². The van der Waals surface area contributed by atoms with Crippen molar-refractivity contribution in [2.75, 3.05) is 4.72 Å². The molecular formula is C30H26N4OS4. The van der Waals surface area contributed by atoms with Crippen LogP contribution in [0.15, 0.2) is 99.1 Å². The van der Waals surface area contributed by atoms with Crippen LogP contribution in [0.5, 0.6) is 0 Å². The highest BCUT2D eigenvalue weighted by Gasteiger charge is 2.10. The molecule has 9 heteroatoms. The van der Waals surface area contributed by atoms with Crippen molar-refractivity contribution in [2.45, 2.75) is 29.7 Å². The number of aromatic amines is 1. The Morgan fingerprint density at radius 2 is 1.92 bits per heavy atom. The number of H-pyrrole nitrogens is 1. The number of thiophene rings is 1. The zero-order valence-corrected chi connectivity index (χ0v) is 24.7. The molecule has 2 N–H and O–H groups in total. The summed E-state index contributed by atoms with van der Waals surface area (Å²) < 4.78 is 3.41. The van der Waals surface area contributed by atoms with Crippen LogP contribution in [0.25, 0.3) is 21.9 Å². The highest BCUT2D eigenvalue weighted by atomic mass is 32.2. The van der Waals surface area contributed by atoms with Crippen LogP contribution in [0.3, 0.4) is 0 Å². The predicted octanol–water partition coefficient (Wildman–Crippen LogP) is 8.39. The maximum atomic E-state index is 12.6. The zero-order chi connectivity index (χ0) is 27.2. The maximum absolute atomic E-state index is 12.6. The van der Waals surface area contributed by atoms with Crippen molar-refractivity contribution in [1.82, 2.24) is 15.0 Å². The number of aromatic nitrogens is 3. The SMILES string of the molecule is Cc1ccc2cc(NSc3ccc(CSc4nc(/C(S)=C/C=C/c5cccs5)c(C)c(=O)[nH]4)cc3)ccc2n1. The summed E-state index contributed by atoms with van der Waals surface area (Å²) in [5, 5.41) is 3.72. The van der Waals surface area contributed by atoms with E-state index in [1.165, 1.54) is 11.8 Å². The molecule has 0 aliphatic carbocycles. The van der Waals surface area contributed by atoms with E-state index in [1.807, 2.05) is 60.9 Å². The Kier molecular flexibility index (Phi) is 8.93. The van der Waals surface area contributed by atoms with Crippen molar-refractivity contribution in [3.63, 3.8) is 0 Å². The second-order valence-corrected chi connectivity index (χ2v) is 12.1. The van der Waals surface area contributed by atoms with Gasteiger partial charge in [-0.15, -0.1) is 24.0 Å². The molecule has 0 saturated heterocycles. The average Bonchev–Trinajstić information content (AvgIpc) is 3.46. The third-order valence-electron chi connectivity index (χ3n) is 5.84. The molecule has 196 valence electrons. The van der Waals surface area contributed by atoms with Crippen molar-refractivity contribution < 1.29 is 0 Å². The van der Waals surface area contributed by atoms with E-state index >= 15 is 0 Å². The average molecular weight is 587 g/mol. The number of hydrogen-bond acceptors (Lipinski definition) is 8. The Morgan fingerprint density at radius 1 is 1.08 bits per heavy atom. The molecule has 5 aromatic rings. The molecule has 0 bridgehead atoms. The lowest BCUT2D eigenvalue weighted by Crippen LogP contribution is -2.15. The van der Waals surface area contributed by atoms with Crippen molar-refractivity contribution in [3.05, 3.63) is 122 Å². The van der Waals surface area contributed by atoms with E-state index in [9.17, 15) is 4.79 Å². The molecular weight excluding hydrogens is 561 g/mol. The van der Waals surface area contributed by atoms with Crippen molar-refractivity contribution in [1.29, 1.82) is 0 Å². The molecule has 0 amide bonds. The molecule has 0 aliphatic heterocycles. The molecule has 3 aromatic heterocycles. The number of thioether (sulfide) groups is 1. The van der Waals surface area contributed by atoms with E-state index in [1.54, 1.807) is 30.2 Å². The van der Waals surface area contributed by atoms with Crippen LogP contribution in [0, 0.1) is 13.8 Å². The van der Waals surface area contributed by atoms with Gasteiger partial charge >= 0.3 is 0 Å². The minimum Gasteiger partial charge on any atom is -0.326 e. The van der Waals surface area contributed by atoms with E-state index < -0.39 is 0 Å². The second-order valence-electron chi connectivity index (χ2n) is 8.77. The van der Waals surface area contributed by atoms with Crippen LogP contribution >= 0.6 is 47.7 Å². The molecule has 0 aliphatic rings.